The van der Waals surface area contributed by atoms with E-state index in [-0.39, 0.29) is 6.09 Å². The molecule has 1 aromatic carbocycles. The zero-order chi connectivity index (χ0) is 21.7. The van der Waals surface area contributed by atoms with E-state index < -0.39 is 5.60 Å². The van der Waals surface area contributed by atoms with Crippen LogP contribution in [0.15, 0.2) is 36.5 Å². The number of amides is 1. The number of carbonyl (C=O) groups is 1. The van der Waals surface area contributed by atoms with Gasteiger partial charge in [-0.05, 0) is 44.5 Å². The van der Waals surface area contributed by atoms with E-state index in [1.807, 2.05) is 39.0 Å². The summed E-state index contributed by atoms with van der Waals surface area (Å²) >= 11 is 0. The van der Waals surface area contributed by atoms with Crippen molar-refractivity contribution in [2.24, 2.45) is 0 Å². The number of piperazine rings is 1. The van der Waals surface area contributed by atoms with Crippen LogP contribution in [-0.2, 0) is 4.74 Å². The third kappa shape index (κ3) is 5.78. The largest absolute Gasteiger partial charge is 0.481 e. The fraction of sp³-hybridized carbons (Fsp3) is 0.391. The average Bonchev–Trinajstić information content (AvgIpc) is 2.71. The molecule has 0 bridgehead atoms. The highest BCUT2D eigenvalue weighted by atomic mass is 16.6. The third-order valence-corrected chi connectivity index (χ3v) is 4.74. The molecule has 3 rings (SSSR count). The zero-order valence-electron chi connectivity index (χ0n) is 18.1. The summed E-state index contributed by atoms with van der Waals surface area (Å²) in [6, 6.07) is 10.2. The Balaban J connectivity index is 1.59. The number of pyridine rings is 1. The summed E-state index contributed by atoms with van der Waals surface area (Å²) < 4.78 is 10.7. The smallest absolute Gasteiger partial charge is 0.410 e. The summed E-state index contributed by atoms with van der Waals surface area (Å²) in [5.74, 6) is 0.542. The first kappa shape index (κ1) is 21.7. The van der Waals surface area contributed by atoms with E-state index in [2.05, 4.69) is 34.1 Å². The molecule has 2 radical (unpaired) electrons. The SMILES string of the molecule is [B]c1cnc(OC)c(/C=C/c2ccc(N3CCN(C(=O)OC(C)(C)C)CC3)cc2)c1. The van der Waals surface area contributed by atoms with Crippen LogP contribution in [0.2, 0.25) is 0 Å². The van der Waals surface area contributed by atoms with Crippen LogP contribution < -0.4 is 15.1 Å². The van der Waals surface area contributed by atoms with Gasteiger partial charge in [-0.1, -0.05) is 29.7 Å². The second-order valence-corrected chi connectivity index (χ2v) is 8.25. The fourth-order valence-corrected chi connectivity index (χ4v) is 3.23. The zero-order valence-corrected chi connectivity index (χ0v) is 18.1. The van der Waals surface area contributed by atoms with E-state index >= 15 is 0 Å². The molecule has 1 aromatic heterocycles. The lowest BCUT2D eigenvalue weighted by molar-refractivity contribution is 0.0240. The molecular formula is C23H28BN3O3. The Bertz CT molecular complexity index is 899. The normalized spacial score (nSPS) is 14.8. The van der Waals surface area contributed by atoms with Crippen LogP contribution >= 0.6 is 0 Å². The number of benzene rings is 1. The summed E-state index contributed by atoms with van der Waals surface area (Å²) in [6.07, 6.45) is 5.28. The van der Waals surface area contributed by atoms with Gasteiger partial charge in [0.15, 0.2) is 0 Å². The topological polar surface area (TPSA) is 54.9 Å². The lowest BCUT2D eigenvalue weighted by Gasteiger charge is -2.36. The van der Waals surface area contributed by atoms with Crippen LogP contribution in [0.1, 0.15) is 31.9 Å². The minimum atomic E-state index is -0.469. The summed E-state index contributed by atoms with van der Waals surface area (Å²) in [4.78, 5) is 20.4. The van der Waals surface area contributed by atoms with Crippen LogP contribution in [0.4, 0.5) is 10.5 Å². The average molecular weight is 405 g/mol. The Hall–Kier alpha value is -2.96. The first-order chi connectivity index (χ1) is 14.2. The van der Waals surface area contributed by atoms with Crippen molar-refractivity contribution < 1.29 is 14.3 Å². The molecule has 1 saturated heterocycles. The lowest BCUT2D eigenvalue weighted by Crippen LogP contribution is -2.50. The molecule has 156 valence electrons. The second kappa shape index (κ2) is 9.24. The Labute approximate surface area is 179 Å². The van der Waals surface area contributed by atoms with Crippen molar-refractivity contribution in [3.63, 3.8) is 0 Å². The van der Waals surface area contributed by atoms with Crippen molar-refractivity contribution >= 4 is 37.2 Å². The van der Waals surface area contributed by atoms with Crippen molar-refractivity contribution in [2.45, 2.75) is 26.4 Å². The Morgan fingerprint density at radius 2 is 1.77 bits per heavy atom. The van der Waals surface area contributed by atoms with Crippen molar-refractivity contribution in [3.05, 3.63) is 47.7 Å². The quantitative estimate of drug-likeness (QED) is 0.732. The van der Waals surface area contributed by atoms with E-state index in [9.17, 15) is 4.79 Å². The highest BCUT2D eigenvalue weighted by Crippen LogP contribution is 2.21. The number of nitrogens with zero attached hydrogens (tertiary/aromatic N) is 3. The van der Waals surface area contributed by atoms with Gasteiger partial charge in [-0.25, -0.2) is 9.78 Å². The first-order valence-corrected chi connectivity index (χ1v) is 10.1. The Morgan fingerprint density at radius 3 is 2.37 bits per heavy atom. The van der Waals surface area contributed by atoms with Crippen LogP contribution in [0.25, 0.3) is 12.2 Å². The highest BCUT2D eigenvalue weighted by molar-refractivity contribution is 6.32. The van der Waals surface area contributed by atoms with Crippen molar-refractivity contribution in [1.82, 2.24) is 9.88 Å². The number of rotatable bonds is 4. The van der Waals surface area contributed by atoms with E-state index in [0.717, 1.165) is 29.9 Å². The summed E-state index contributed by atoms with van der Waals surface area (Å²) in [5.41, 5.74) is 3.16. The summed E-state index contributed by atoms with van der Waals surface area (Å²) in [7, 11) is 7.41. The number of hydrogen-bond donors (Lipinski definition) is 0. The van der Waals surface area contributed by atoms with E-state index in [1.165, 1.54) is 0 Å². The molecule has 30 heavy (non-hydrogen) atoms. The second-order valence-electron chi connectivity index (χ2n) is 8.25. The molecule has 0 saturated carbocycles. The molecule has 7 heteroatoms. The molecule has 0 unspecified atom stereocenters. The number of carbonyl (C=O) groups excluding carboxylic acids is 1. The van der Waals surface area contributed by atoms with Crippen LogP contribution in [-0.4, -0.2) is 62.7 Å². The number of hydrogen-bond acceptors (Lipinski definition) is 5. The maximum absolute atomic E-state index is 12.2. The summed E-state index contributed by atoms with van der Waals surface area (Å²) in [5, 5.41) is 0. The van der Waals surface area contributed by atoms with Crippen molar-refractivity contribution in [3.8, 4) is 5.88 Å². The first-order valence-electron chi connectivity index (χ1n) is 10.1. The predicted molar refractivity (Wildman–Crippen MR) is 122 cm³/mol. The molecule has 2 heterocycles. The standard InChI is InChI=1S/C23H28BN3O3/c1-23(2,3)30-22(28)27-13-11-26(12-14-27)20-9-6-17(7-10-20)5-8-18-15-19(24)16-25-21(18)29-4/h5-10,15-16H,11-14H2,1-4H3/b8-5+. The van der Waals surface area contributed by atoms with Gasteiger partial charge >= 0.3 is 6.09 Å². The molecule has 1 fully saturated rings. The predicted octanol–water partition coefficient (Wildman–Crippen LogP) is 3.11. The van der Waals surface area contributed by atoms with Gasteiger partial charge in [0.25, 0.3) is 0 Å². The van der Waals surface area contributed by atoms with Gasteiger partial charge in [-0.3, -0.25) is 0 Å². The molecule has 6 nitrogen and oxygen atoms in total. The van der Waals surface area contributed by atoms with Crippen LogP contribution in [0.5, 0.6) is 5.88 Å². The van der Waals surface area contributed by atoms with Gasteiger partial charge in [0.1, 0.15) is 13.4 Å². The minimum absolute atomic E-state index is 0.242. The molecule has 1 aliphatic rings. The van der Waals surface area contributed by atoms with Crippen molar-refractivity contribution in [2.75, 3.05) is 38.2 Å². The van der Waals surface area contributed by atoms with E-state index in [0.29, 0.717) is 24.4 Å². The van der Waals surface area contributed by atoms with E-state index in [1.54, 1.807) is 18.2 Å². The van der Waals surface area contributed by atoms with Gasteiger partial charge in [0.2, 0.25) is 5.88 Å². The van der Waals surface area contributed by atoms with Crippen LogP contribution in [0.3, 0.4) is 0 Å². The monoisotopic (exact) mass is 405 g/mol. The molecular weight excluding hydrogens is 377 g/mol. The number of ether oxygens (including phenoxy) is 2. The lowest BCUT2D eigenvalue weighted by atomic mass is 9.97. The van der Waals surface area contributed by atoms with Gasteiger partial charge in [-0.2, -0.15) is 0 Å². The molecule has 1 amide bonds. The molecule has 0 aliphatic carbocycles. The number of methoxy groups -OCH3 is 1. The van der Waals surface area contributed by atoms with Gasteiger partial charge in [-0.15, -0.1) is 0 Å². The van der Waals surface area contributed by atoms with Gasteiger partial charge in [0, 0.05) is 43.6 Å². The maximum Gasteiger partial charge on any atom is 0.410 e. The molecule has 2 aromatic rings. The maximum atomic E-state index is 12.2. The number of anilines is 1. The summed E-state index contributed by atoms with van der Waals surface area (Å²) in [6.45, 7) is 8.52. The third-order valence-electron chi connectivity index (χ3n) is 4.74. The Morgan fingerprint density at radius 1 is 1.10 bits per heavy atom. The van der Waals surface area contributed by atoms with Gasteiger partial charge < -0.3 is 19.3 Å². The molecule has 0 N–H and O–H groups in total. The van der Waals surface area contributed by atoms with E-state index in [4.69, 9.17) is 17.3 Å². The molecule has 0 atom stereocenters. The van der Waals surface area contributed by atoms with Crippen molar-refractivity contribution in [1.29, 1.82) is 0 Å². The Kier molecular flexibility index (Phi) is 6.70. The van der Waals surface area contributed by atoms with Crippen LogP contribution in [0, 0.1) is 0 Å². The molecule has 0 spiro atoms. The fourth-order valence-electron chi connectivity index (χ4n) is 3.23. The number of aromatic nitrogens is 1. The molecule has 1 aliphatic heterocycles. The minimum Gasteiger partial charge on any atom is -0.481 e. The highest BCUT2D eigenvalue weighted by Gasteiger charge is 2.25. The van der Waals surface area contributed by atoms with Gasteiger partial charge in [0.05, 0.1) is 7.11 Å².